The molecule has 3 aromatic rings. The highest BCUT2D eigenvalue weighted by molar-refractivity contribution is 7.16. The van der Waals surface area contributed by atoms with Gasteiger partial charge in [-0.1, -0.05) is 12.1 Å². The van der Waals surface area contributed by atoms with Gasteiger partial charge in [-0.15, -0.1) is 11.3 Å². The highest BCUT2D eigenvalue weighted by Gasteiger charge is 2.15. The quantitative estimate of drug-likeness (QED) is 0.430. The number of thiophene rings is 1. The Bertz CT molecular complexity index is 958. The lowest BCUT2D eigenvalue weighted by Crippen LogP contribution is -2.06. The van der Waals surface area contributed by atoms with Crippen molar-refractivity contribution in [2.24, 2.45) is 7.05 Å². The van der Waals surface area contributed by atoms with Crippen molar-refractivity contribution in [2.75, 3.05) is 5.32 Å². The predicted molar refractivity (Wildman–Crippen MR) is 97.3 cm³/mol. The molecule has 0 bridgehead atoms. The summed E-state index contributed by atoms with van der Waals surface area (Å²) in [5.74, 6) is -0.270. The van der Waals surface area contributed by atoms with Gasteiger partial charge in [-0.3, -0.25) is 19.6 Å². The van der Waals surface area contributed by atoms with E-state index in [1.165, 1.54) is 23.5 Å². The van der Waals surface area contributed by atoms with Crippen LogP contribution in [0.15, 0.2) is 54.9 Å². The zero-order chi connectivity index (χ0) is 17.8. The molecule has 0 unspecified atom stereocenters. The summed E-state index contributed by atoms with van der Waals surface area (Å²) in [5, 5.41) is 17.8. The van der Waals surface area contributed by atoms with E-state index >= 15 is 0 Å². The average Bonchev–Trinajstić information content (AvgIpc) is 3.22. The van der Waals surface area contributed by atoms with Gasteiger partial charge < -0.3 is 5.32 Å². The van der Waals surface area contributed by atoms with E-state index in [9.17, 15) is 14.9 Å². The Balaban J connectivity index is 1.73. The summed E-state index contributed by atoms with van der Waals surface area (Å²) >= 11 is 1.38. The van der Waals surface area contributed by atoms with E-state index < -0.39 is 4.92 Å². The topological polar surface area (TPSA) is 90.1 Å². The van der Waals surface area contributed by atoms with Gasteiger partial charge in [-0.05, 0) is 24.3 Å². The first kappa shape index (κ1) is 16.6. The standard InChI is InChI=1S/C17H14N4O3S/c1-20-11-12(10-18-20)19-17(22)9-7-13-6-8-16(25-13)14-4-2-3-5-15(14)21(23)24/h2-11H,1H3,(H,19,22)/b9-7+. The van der Waals surface area contributed by atoms with E-state index in [4.69, 9.17) is 0 Å². The van der Waals surface area contributed by atoms with Crippen molar-refractivity contribution in [1.82, 2.24) is 9.78 Å². The summed E-state index contributed by atoms with van der Waals surface area (Å²) in [6.45, 7) is 0. The van der Waals surface area contributed by atoms with Crippen molar-refractivity contribution in [1.29, 1.82) is 0 Å². The van der Waals surface area contributed by atoms with Gasteiger partial charge in [0.05, 0.1) is 22.4 Å². The van der Waals surface area contributed by atoms with Gasteiger partial charge in [0.2, 0.25) is 5.91 Å². The van der Waals surface area contributed by atoms with Gasteiger partial charge in [0.1, 0.15) is 0 Å². The third-order valence-electron chi connectivity index (χ3n) is 3.36. The highest BCUT2D eigenvalue weighted by Crippen LogP contribution is 2.34. The lowest BCUT2D eigenvalue weighted by atomic mass is 10.1. The number of carbonyl (C=O) groups is 1. The summed E-state index contributed by atoms with van der Waals surface area (Å²) in [6.07, 6.45) is 6.35. The number of rotatable bonds is 5. The first-order valence-electron chi connectivity index (χ1n) is 7.34. The molecule has 126 valence electrons. The van der Waals surface area contributed by atoms with Crippen molar-refractivity contribution in [3.8, 4) is 10.4 Å². The first-order chi connectivity index (χ1) is 12.0. The van der Waals surface area contributed by atoms with Crippen LogP contribution in [-0.4, -0.2) is 20.6 Å². The molecule has 0 saturated heterocycles. The molecule has 1 amide bonds. The van der Waals surface area contributed by atoms with E-state index in [0.29, 0.717) is 11.3 Å². The van der Waals surface area contributed by atoms with Crippen molar-refractivity contribution in [3.63, 3.8) is 0 Å². The van der Waals surface area contributed by atoms with E-state index in [-0.39, 0.29) is 11.6 Å². The number of hydrogen-bond donors (Lipinski definition) is 1. The summed E-state index contributed by atoms with van der Waals surface area (Å²) in [7, 11) is 1.77. The van der Waals surface area contributed by atoms with Crippen molar-refractivity contribution in [2.45, 2.75) is 0 Å². The molecule has 3 rings (SSSR count). The van der Waals surface area contributed by atoms with Crippen molar-refractivity contribution in [3.05, 3.63) is 69.9 Å². The lowest BCUT2D eigenvalue weighted by Gasteiger charge is -1.98. The number of carbonyl (C=O) groups excluding carboxylic acids is 1. The summed E-state index contributed by atoms with van der Waals surface area (Å²) in [6, 6.07) is 10.2. The minimum absolute atomic E-state index is 0.0641. The van der Waals surface area contributed by atoms with Crippen LogP contribution in [0.2, 0.25) is 0 Å². The zero-order valence-electron chi connectivity index (χ0n) is 13.2. The van der Waals surface area contributed by atoms with Crippen LogP contribution in [0.3, 0.4) is 0 Å². The number of anilines is 1. The second kappa shape index (κ2) is 7.10. The van der Waals surface area contributed by atoms with Crippen LogP contribution in [-0.2, 0) is 11.8 Å². The molecule has 0 aliphatic rings. The summed E-state index contributed by atoms with van der Waals surface area (Å²) in [4.78, 5) is 24.2. The molecular formula is C17H14N4O3S. The molecule has 0 fully saturated rings. The van der Waals surface area contributed by atoms with Crippen LogP contribution in [0, 0.1) is 10.1 Å². The molecule has 0 radical (unpaired) electrons. The molecule has 7 nitrogen and oxygen atoms in total. The van der Waals surface area contributed by atoms with Crippen LogP contribution >= 0.6 is 11.3 Å². The summed E-state index contributed by atoms with van der Waals surface area (Å²) in [5.41, 5.74) is 1.25. The smallest absolute Gasteiger partial charge is 0.278 e. The maximum atomic E-state index is 11.9. The van der Waals surface area contributed by atoms with Crippen molar-refractivity contribution < 1.29 is 9.72 Å². The minimum atomic E-state index is -0.397. The fraction of sp³-hybridized carbons (Fsp3) is 0.0588. The van der Waals surface area contributed by atoms with Crippen LogP contribution in [0.5, 0.6) is 0 Å². The number of aromatic nitrogens is 2. The maximum Gasteiger partial charge on any atom is 0.278 e. The molecule has 2 heterocycles. The van der Waals surface area contributed by atoms with E-state index in [1.54, 1.807) is 48.4 Å². The first-order valence-corrected chi connectivity index (χ1v) is 8.16. The largest absolute Gasteiger partial charge is 0.320 e. The normalized spacial score (nSPS) is 10.9. The Labute approximate surface area is 147 Å². The number of nitro groups is 1. The van der Waals surface area contributed by atoms with E-state index in [0.717, 1.165) is 9.75 Å². The number of hydrogen-bond acceptors (Lipinski definition) is 5. The molecule has 0 saturated carbocycles. The SMILES string of the molecule is Cn1cc(NC(=O)/C=C/c2ccc(-c3ccccc3[N+](=O)[O-])s2)cn1. The molecule has 1 N–H and O–H groups in total. The van der Waals surface area contributed by atoms with Crippen molar-refractivity contribution >= 4 is 34.7 Å². The van der Waals surface area contributed by atoms with E-state index in [1.807, 2.05) is 12.1 Å². The second-order valence-electron chi connectivity index (χ2n) is 5.20. The second-order valence-corrected chi connectivity index (χ2v) is 6.32. The Hall–Kier alpha value is -3.26. The molecule has 0 atom stereocenters. The lowest BCUT2D eigenvalue weighted by molar-refractivity contribution is -0.384. The Morgan fingerprint density at radius 3 is 2.84 bits per heavy atom. The average molecular weight is 354 g/mol. The van der Waals surface area contributed by atoms with E-state index in [2.05, 4.69) is 10.4 Å². The van der Waals surface area contributed by atoms with Crippen LogP contribution in [0.4, 0.5) is 11.4 Å². The maximum absolute atomic E-state index is 11.9. The van der Waals surface area contributed by atoms with Gasteiger partial charge in [-0.2, -0.15) is 5.10 Å². The molecule has 2 aromatic heterocycles. The fourth-order valence-electron chi connectivity index (χ4n) is 2.26. The number of benzene rings is 1. The molecule has 0 spiro atoms. The third-order valence-corrected chi connectivity index (χ3v) is 4.45. The molecule has 25 heavy (non-hydrogen) atoms. The summed E-state index contributed by atoms with van der Waals surface area (Å²) < 4.78 is 1.59. The number of amides is 1. The fourth-order valence-corrected chi connectivity index (χ4v) is 3.20. The van der Waals surface area contributed by atoms with Crippen LogP contribution in [0.25, 0.3) is 16.5 Å². The van der Waals surface area contributed by atoms with Crippen LogP contribution < -0.4 is 5.32 Å². The third kappa shape index (κ3) is 3.99. The van der Waals surface area contributed by atoms with Gasteiger partial charge in [-0.25, -0.2) is 0 Å². The number of para-hydroxylation sites is 1. The number of nitro benzene ring substituents is 1. The Kier molecular flexibility index (Phi) is 4.71. The predicted octanol–water partition coefficient (Wildman–Crippen LogP) is 3.71. The van der Waals surface area contributed by atoms with Gasteiger partial charge in [0.15, 0.2) is 0 Å². The number of aryl methyl sites for hydroxylation is 1. The molecule has 1 aromatic carbocycles. The highest BCUT2D eigenvalue weighted by atomic mass is 32.1. The molecule has 8 heteroatoms. The van der Waals surface area contributed by atoms with Gasteiger partial charge in [0.25, 0.3) is 5.69 Å². The molecule has 0 aliphatic carbocycles. The zero-order valence-corrected chi connectivity index (χ0v) is 14.1. The minimum Gasteiger partial charge on any atom is -0.320 e. The molecular weight excluding hydrogens is 340 g/mol. The Morgan fingerprint density at radius 2 is 2.12 bits per heavy atom. The molecule has 0 aliphatic heterocycles. The van der Waals surface area contributed by atoms with Gasteiger partial charge in [0, 0.05) is 35.1 Å². The van der Waals surface area contributed by atoms with Gasteiger partial charge >= 0.3 is 0 Å². The monoisotopic (exact) mass is 354 g/mol. The number of nitrogens with one attached hydrogen (secondary N) is 1. The number of nitrogens with zero attached hydrogens (tertiary/aromatic N) is 3. The van der Waals surface area contributed by atoms with Crippen LogP contribution in [0.1, 0.15) is 4.88 Å². The Morgan fingerprint density at radius 1 is 1.32 bits per heavy atom.